The molecule has 0 spiro atoms. The number of piperidine rings is 1. The molecule has 1 aliphatic rings. The Morgan fingerprint density at radius 2 is 1.85 bits per heavy atom. The van der Waals surface area contributed by atoms with Gasteiger partial charge in [0.05, 0.1) is 0 Å². The summed E-state index contributed by atoms with van der Waals surface area (Å²) in [5, 5.41) is 0. The number of hydrogen-bond acceptors (Lipinski definition) is 1. The Kier molecular flexibility index (Phi) is 3.78. The zero-order chi connectivity index (χ0) is 9.90. The molecule has 1 rings (SSSR count). The van der Waals surface area contributed by atoms with Crippen molar-refractivity contribution in [2.45, 2.75) is 59.4 Å². The Balaban J connectivity index is 2.58. The average molecular weight is 183 g/mol. The van der Waals surface area contributed by atoms with Gasteiger partial charge in [0.1, 0.15) is 0 Å². The summed E-state index contributed by atoms with van der Waals surface area (Å²) in [5.41, 5.74) is 0.641. The Bertz CT molecular complexity index is 147. The van der Waals surface area contributed by atoms with Crippen molar-refractivity contribution in [3.8, 4) is 0 Å². The van der Waals surface area contributed by atoms with E-state index in [1.54, 1.807) is 0 Å². The second kappa shape index (κ2) is 4.45. The molecule has 1 aliphatic heterocycles. The van der Waals surface area contributed by atoms with Crippen LogP contribution in [-0.2, 0) is 0 Å². The zero-order valence-corrected chi connectivity index (χ0v) is 9.77. The van der Waals surface area contributed by atoms with Crippen LogP contribution >= 0.6 is 0 Å². The molecule has 0 unspecified atom stereocenters. The quantitative estimate of drug-likeness (QED) is 0.649. The average Bonchev–Trinajstić information content (AvgIpc) is 2.18. The molecule has 1 fully saturated rings. The van der Waals surface area contributed by atoms with Crippen LogP contribution in [0.25, 0.3) is 0 Å². The molecule has 0 radical (unpaired) electrons. The minimum atomic E-state index is 0.641. The van der Waals surface area contributed by atoms with Gasteiger partial charge in [-0.15, -0.1) is 0 Å². The molecule has 0 aromatic carbocycles. The lowest BCUT2D eigenvalue weighted by atomic mass is 9.75. The predicted molar refractivity (Wildman–Crippen MR) is 59.0 cm³/mol. The van der Waals surface area contributed by atoms with Crippen LogP contribution in [0.3, 0.4) is 0 Å². The largest absolute Gasteiger partial charge is 0.300 e. The molecule has 0 bridgehead atoms. The highest BCUT2D eigenvalue weighted by molar-refractivity contribution is 4.86. The van der Waals surface area contributed by atoms with Crippen molar-refractivity contribution in [2.24, 2.45) is 5.41 Å². The van der Waals surface area contributed by atoms with Gasteiger partial charge in [-0.3, -0.25) is 0 Å². The van der Waals surface area contributed by atoms with Crippen LogP contribution in [0.5, 0.6) is 0 Å². The van der Waals surface area contributed by atoms with Crippen molar-refractivity contribution in [1.82, 2.24) is 4.90 Å². The lowest BCUT2D eigenvalue weighted by Crippen LogP contribution is -2.45. The highest BCUT2D eigenvalue weighted by Crippen LogP contribution is 2.36. The summed E-state index contributed by atoms with van der Waals surface area (Å²) in [7, 11) is 0. The highest BCUT2D eigenvalue weighted by Gasteiger charge is 2.32. The molecule has 13 heavy (non-hydrogen) atoms. The van der Waals surface area contributed by atoms with E-state index in [0.717, 1.165) is 6.04 Å². The molecule has 0 aromatic heterocycles. The molecule has 0 amide bonds. The molecule has 1 heterocycles. The van der Waals surface area contributed by atoms with Gasteiger partial charge in [0.2, 0.25) is 0 Å². The first-order valence-electron chi connectivity index (χ1n) is 5.87. The third-order valence-electron chi connectivity index (χ3n) is 3.92. The highest BCUT2D eigenvalue weighted by atomic mass is 15.2. The van der Waals surface area contributed by atoms with Crippen molar-refractivity contribution < 1.29 is 0 Å². The number of likely N-dealkylation sites (tertiary alicyclic amines) is 1. The summed E-state index contributed by atoms with van der Waals surface area (Å²) in [6.45, 7) is 12.0. The topological polar surface area (TPSA) is 3.24 Å². The van der Waals surface area contributed by atoms with Gasteiger partial charge >= 0.3 is 0 Å². The maximum Gasteiger partial charge on any atom is 0.00405 e. The number of rotatable bonds is 3. The third kappa shape index (κ3) is 2.46. The van der Waals surface area contributed by atoms with Gasteiger partial charge in [-0.1, -0.05) is 13.8 Å². The first kappa shape index (κ1) is 11.0. The molecular formula is C12H25N. The Labute approximate surface area is 83.5 Å². The standard InChI is InChI=1S/C12H25N/c1-5-12(6-2)8-7-9-13(10-12)11(3)4/h11H,5-10H2,1-4H3. The minimum Gasteiger partial charge on any atom is -0.300 e. The van der Waals surface area contributed by atoms with Crippen molar-refractivity contribution >= 4 is 0 Å². The van der Waals surface area contributed by atoms with Crippen LogP contribution in [-0.4, -0.2) is 24.0 Å². The van der Waals surface area contributed by atoms with Crippen LogP contribution in [0.1, 0.15) is 53.4 Å². The van der Waals surface area contributed by atoms with E-state index in [2.05, 4.69) is 32.6 Å². The van der Waals surface area contributed by atoms with E-state index in [-0.39, 0.29) is 0 Å². The van der Waals surface area contributed by atoms with Crippen LogP contribution in [0.15, 0.2) is 0 Å². The second-order valence-corrected chi connectivity index (χ2v) is 4.87. The fraction of sp³-hybridized carbons (Fsp3) is 1.00. The molecule has 0 aromatic rings. The van der Waals surface area contributed by atoms with Crippen molar-refractivity contribution in [3.05, 3.63) is 0 Å². The second-order valence-electron chi connectivity index (χ2n) is 4.87. The van der Waals surface area contributed by atoms with Gasteiger partial charge in [0, 0.05) is 12.6 Å². The molecule has 1 saturated heterocycles. The van der Waals surface area contributed by atoms with Crippen LogP contribution < -0.4 is 0 Å². The molecule has 0 N–H and O–H groups in total. The number of hydrogen-bond donors (Lipinski definition) is 0. The van der Waals surface area contributed by atoms with Gasteiger partial charge in [0.15, 0.2) is 0 Å². The van der Waals surface area contributed by atoms with Crippen LogP contribution in [0.2, 0.25) is 0 Å². The van der Waals surface area contributed by atoms with E-state index in [0.29, 0.717) is 5.41 Å². The van der Waals surface area contributed by atoms with Gasteiger partial charge in [-0.2, -0.15) is 0 Å². The van der Waals surface area contributed by atoms with E-state index in [1.165, 1.54) is 38.8 Å². The van der Waals surface area contributed by atoms with E-state index in [1.807, 2.05) is 0 Å². The Hall–Kier alpha value is -0.0400. The minimum absolute atomic E-state index is 0.641. The van der Waals surface area contributed by atoms with Gasteiger partial charge in [0.25, 0.3) is 0 Å². The first-order chi connectivity index (χ1) is 6.13. The first-order valence-corrected chi connectivity index (χ1v) is 5.87. The molecule has 0 aliphatic carbocycles. The molecule has 0 saturated carbocycles. The van der Waals surface area contributed by atoms with E-state index in [9.17, 15) is 0 Å². The summed E-state index contributed by atoms with van der Waals surface area (Å²) in [6, 6.07) is 0.734. The predicted octanol–water partition coefficient (Wildman–Crippen LogP) is 3.30. The molecular weight excluding hydrogens is 158 g/mol. The maximum absolute atomic E-state index is 2.65. The summed E-state index contributed by atoms with van der Waals surface area (Å²) < 4.78 is 0. The van der Waals surface area contributed by atoms with E-state index in [4.69, 9.17) is 0 Å². The zero-order valence-electron chi connectivity index (χ0n) is 9.77. The number of nitrogens with zero attached hydrogens (tertiary/aromatic N) is 1. The van der Waals surface area contributed by atoms with Crippen LogP contribution in [0, 0.1) is 5.41 Å². The molecule has 1 nitrogen and oxygen atoms in total. The molecule has 0 atom stereocenters. The van der Waals surface area contributed by atoms with E-state index >= 15 is 0 Å². The summed E-state index contributed by atoms with van der Waals surface area (Å²) in [6.07, 6.45) is 5.56. The van der Waals surface area contributed by atoms with Crippen LogP contribution in [0.4, 0.5) is 0 Å². The van der Waals surface area contributed by atoms with Crippen molar-refractivity contribution in [2.75, 3.05) is 13.1 Å². The van der Waals surface area contributed by atoms with Gasteiger partial charge in [-0.25, -0.2) is 0 Å². The lowest BCUT2D eigenvalue weighted by molar-refractivity contribution is 0.0593. The molecule has 1 heteroatoms. The summed E-state index contributed by atoms with van der Waals surface area (Å²) in [5.74, 6) is 0. The van der Waals surface area contributed by atoms with E-state index < -0.39 is 0 Å². The maximum atomic E-state index is 2.65. The summed E-state index contributed by atoms with van der Waals surface area (Å²) in [4.78, 5) is 2.65. The van der Waals surface area contributed by atoms with Crippen molar-refractivity contribution in [1.29, 1.82) is 0 Å². The fourth-order valence-electron chi connectivity index (χ4n) is 2.51. The smallest absolute Gasteiger partial charge is 0.00405 e. The van der Waals surface area contributed by atoms with Gasteiger partial charge < -0.3 is 4.90 Å². The third-order valence-corrected chi connectivity index (χ3v) is 3.92. The Morgan fingerprint density at radius 1 is 1.23 bits per heavy atom. The van der Waals surface area contributed by atoms with Crippen molar-refractivity contribution in [3.63, 3.8) is 0 Å². The Morgan fingerprint density at radius 3 is 2.31 bits per heavy atom. The monoisotopic (exact) mass is 183 g/mol. The molecule has 78 valence electrons. The normalized spacial score (nSPS) is 23.8. The fourth-order valence-corrected chi connectivity index (χ4v) is 2.51. The summed E-state index contributed by atoms with van der Waals surface area (Å²) >= 11 is 0. The SMILES string of the molecule is CCC1(CC)CCCN(C(C)C)C1. The van der Waals surface area contributed by atoms with Gasteiger partial charge in [-0.05, 0) is 51.5 Å². The lowest BCUT2D eigenvalue weighted by Gasteiger charge is -2.44.